The van der Waals surface area contributed by atoms with Crippen LogP contribution in [0.5, 0.6) is 0 Å². The van der Waals surface area contributed by atoms with Crippen molar-refractivity contribution >= 4 is 5.97 Å². The van der Waals surface area contributed by atoms with Crippen LogP contribution >= 0.6 is 0 Å². The first kappa shape index (κ1) is 9.27. The second kappa shape index (κ2) is 4.27. The smallest absolute Gasteiger partial charge is 0.384 e. The van der Waals surface area contributed by atoms with Gasteiger partial charge in [0.25, 0.3) is 0 Å². The molecule has 0 bridgehead atoms. The number of hydrogen-bond donors (Lipinski definition) is 0. The summed E-state index contributed by atoms with van der Waals surface area (Å²) in [4.78, 5) is 10.5. The predicted octanol–water partition coefficient (Wildman–Crippen LogP) is 1.50. The topological polar surface area (TPSA) is 26.3 Å². The van der Waals surface area contributed by atoms with Gasteiger partial charge in [0.15, 0.2) is 0 Å². The lowest BCUT2D eigenvalue weighted by molar-refractivity contribution is -0.137. The summed E-state index contributed by atoms with van der Waals surface area (Å²) >= 11 is 0. The molecule has 0 aliphatic carbocycles. The van der Waals surface area contributed by atoms with Gasteiger partial charge >= 0.3 is 5.97 Å². The standard InChI is InChI=1S/C10H7FO2/c1-2-10(12)13-7-8-3-5-9(11)6-4-8/h1,3-6H,7H2. The van der Waals surface area contributed by atoms with E-state index in [-0.39, 0.29) is 12.4 Å². The average Bonchev–Trinajstić information content (AvgIpc) is 2.16. The number of ether oxygens (including phenoxy) is 1. The van der Waals surface area contributed by atoms with Crippen LogP contribution in [0.15, 0.2) is 24.3 Å². The Morgan fingerprint density at radius 3 is 2.62 bits per heavy atom. The number of benzene rings is 1. The van der Waals surface area contributed by atoms with E-state index >= 15 is 0 Å². The van der Waals surface area contributed by atoms with Gasteiger partial charge < -0.3 is 4.74 Å². The van der Waals surface area contributed by atoms with Gasteiger partial charge in [0, 0.05) is 5.92 Å². The minimum absolute atomic E-state index is 0.0727. The maximum Gasteiger partial charge on any atom is 0.384 e. The summed E-state index contributed by atoms with van der Waals surface area (Å²) in [6.45, 7) is 0.0727. The van der Waals surface area contributed by atoms with Crippen molar-refractivity contribution in [3.8, 4) is 12.3 Å². The molecule has 0 spiro atoms. The molecule has 0 aliphatic heterocycles. The third-order valence-corrected chi connectivity index (χ3v) is 1.40. The van der Waals surface area contributed by atoms with Gasteiger partial charge in [-0.2, -0.15) is 0 Å². The third-order valence-electron chi connectivity index (χ3n) is 1.40. The van der Waals surface area contributed by atoms with Crippen molar-refractivity contribution in [1.82, 2.24) is 0 Å². The normalized spacial score (nSPS) is 8.92. The lowest BCUT2D eigenvalue weighted by Gasteiger charge is -2.00. The molecule has 0 amide bonds. The van der Waals surface area contributed by atoms with Gasteiger partial charge in [-0.05, 0) is 17.7 Å². The number of carbonyl (C=O) groups is 1. The molecule has 0 unspecified atom stereocenters. The zero-order chi connectivity index (χ0) is 9.68. The van der Waals surface area contributed by atoms with Crippen molar-refractivity contribution in [2.45, 2.75) is 6.61 Å². The van der Waals surface area contributed by atoms with Crippen molar-refractivity contribution in [2.75, 3.05) is 0 Å². The van der Waals surface area contributed by atoms with E-state index in [1.807, 2.05) is 5.92 Å². The molecule has 1 rings (SSSR count). The fraction of sp³-hybridized carbons (Fsp3) is 0.100. The van der Waals surface area contributed by atoms with Gasteiger partial charge in [-0.15, -0.1) is 6.42 Å². The van der Waals surface area contributed by atoms with E-state index in [0.29, 0.717) is 5.56 Å². The second-order valence-corrected chi connectivity index (χ2v) is 2.35. The molecule has 0 fully saturated rings. The minimum atomic E-state index is -0.718. The molecule has 0 atom stereocenters. The molecule has 2 nitrogen and oxygen atoms in total. The van der Waals surface area contributed by atoms with Crippen LogP contribution in [0.2, 0.25) is 0 Å². The molecule has 0 N–H and O–H groups in total. The zero-order valence-electron chi connectivity index (χ0n) is 6.79. The Kier molecular flexibility index (Phi) is 3.04. The van der Waals surface area contributed by atoms with E-state index in [1.165, 1.54) is 24.3 Å². The highest BCUT2D eigenvalue weighted by atomic mass is 19.1. The predicted molar refractivity (Wildman–Crippen MR) is 45.0 cm³/mol. The third kappa shape index (κ3) is 2.96. The van der Waals surface area contributed by atoms with E-state index in [1.54, 1.807) is 0 Å². The van der Waals surface area contributed by atoms with Crippen LogP contribution in [0.3, 0.4) is 0 Å². The number of terminal acetylenes is 1. The van der Waals surface area contributed by atoms with Gasteiger partial charge in [-0.3, -0.25) is 0 Å². The largest absolute Gasteiger partial charge is 0.451 e. The zero-order valence-corrected chi connectivity index (χ0v) is 6.79. The van der Waals surface area contributed by atoms with Crippen LogP contribution in [0, 0.1) is 18.2 Å². The Morgan fingerprint density at radius 2 is 2.08 bits per heavy atom. The number of carbonyl (C=O) groups excluding carboxylic acids is 1. The lowest BCUT2D eigenvalue weighted by atomic mass is 10.2. The molecule has 0 heterocycles. The van der Waals surface area contributed by atoms with E-state index in [0.717, 1.165) is 0 Å². The Morgan fingerprint density at radius 1 is 1.46 bits per heavy atom. The molecular formula is C10H7FO2. The molecule has 0 radical (unpaired) electrons. The SMILES string of the molecule is C#CC(=O)OCc1ccc(F)cc1. The monoisotopic (exact) mass is 178 g/mol. The molecular weight excluding hydrogens is 171 g/mol. The molecule has 1 aromatic rings. The molecule has 0 aliphatic rings. The highest BCUT2D eigenvalue weighted by Gasteiger charge is 1.98. The van der Waals surface area contributed by atoms with Crippen molar-refractivity contribution < 1.29 is 13.9 Å². The molecule has 1 aromatic carbocycles. The summed E-state index contributed by atoms with van der Waals surface area (Å²) in [6.07, 6.45) is 4.78. The first-order chi connectivity index (χ1) is 6.22. The van der Waals surface area contributed by atoms with Gasteiger partial charge in [0.2, 0.25) is 0 Å². The summed E-state index contributed by atoms with van der Waals surface area (Å²) in [7, 11) is 0. The maximum atomic E-state index is 12.4. The molecule has 0 saturated carbocycles. The van der Waals surface area contributed by atoms with Gasteiger partial charge in [-0.1, -0.05) is 12.1 Å². The van der Waals surface area contributed by atoms with Crippen molar-refractivity contribution in [1.29, 1.82) is 0 Å². The summed E-state index contributed by atoms with van der Waals surface area (Å²) in [5.41, 5.74) is 0.699. The van der Waals surface area contributed by atoms with Crippen molar-refractivity contribution in [3.05, 3.63) is 35.6 Å². The van der Waals surface area contributed by atoms with Crippen LogP contribution < -0.4 is 0 Å². The minimum Gasteiger partial charge on any atom is -0.451 e. The number of halogens is 1. The van der Waals surface area contributed by atoms with Crippen LogP contribution in [-0.4, -0.2) is 5.97 Å². The van der Waals surface area contributed by atoms with E-state index in [4.69, 9.17) is 6.42 Å². The first-order valence-corrected chi connectivity index (χ1v) is 3.60. The summed E-state index contributed by atoms with van der Waals surface area (Å²) in [6, 6.07) is 5.64. The quantitative estimate of drug-likeness (QED) is 0.389. The maximum absolute atomic E-state index is 12.4. The second-order valence-electron chi connectivity index (χ2n) is 2.35. The number of esters is 1. The van der Waals surface area contributed by atoms with E-state index < -0.39 is 5.97 Å². The summed E-state index contributed by atoms with van der Waals surface area (Å²) in [5.74, 6) is 0.766. The van der Waals surface area contributed by atoms with Gasteiger partial charge in [-0.25, -0.2) is 9.18 Å². The Balaban J connectivity index is 2.52. The fourth-order valence-electron chi connectivity index (χ4n) is 0.771. The Labute approximate surface area is 75.3 Å². The van der Waals surface area contributed by atoms with E-state index in [2.05, 4.69) is 4.74 Å². The number of rotatable bonds is 2. The molecule has 0 saturated heterocycles. The Bertz CT molecular complexity index is 335. The highest BCUT2D eigenvalue weighted by Crippen LogP contribution is 2.03. The van der Waals surface area contributed by atoms with Crippen LogP contribution in [0.25, 0.3) is 0 Å². The van der Waals surface area contributed by atoms with Crippen LogP contribution in [0.4, 0.5) is 4.39 Å². The lowest BCUT2D eigenvalue weighted by Crippen LogP contribution is -2.00. The van der Waals surface area contributed by atoms with Crippen molar-refractivity contribution in [2.24, 2.45) is 0 Å². The van der Waals surface area contributed by atoms with Crippen LogP contribution in [-0.2, 0) is 16.1 Å². The fourth-order valence-corrected chi connectivity index (χ4v) is 0.771. The van der Waals surface area contributed by atoms with Crippen LogP contribution in [0.1, 0.15) is 5.56 Å². The van der Waals surface area contributed by atoms with E-state index in [9.17, 15) is 9.18 Å². The molecule has 3 heteroatoms. The van der Waals surface area contributed by atoms with Gasteiger partial charge in [0.1, 0.15) is 12.4 Å². The molecule has 0 aromatic heterocycles. The first-order valence-electron chi connectivity index (χ1n) is 3.60. The number of hydrogen-bond acceptors (Lipinski definition) is 2. The van der Waals surface area contributed by atoms with Crippen molar-refractivity contribution in [3.63, 3.8) is 0 Å². The molecule has 66 valence electrons. The van der Waals surface area contributed by atoms with Gasteiger partial charge in [0.05, 0.1) is 0 Å². The average molecular weight is 178 g/mol. The highest BCUT2D eigenvalue weighted by molar-refractivity contribution is 5.87. The Hall–Kier alpha value is -1.82. The summed E-state index contributed by atoms with van der Waals surface area (Å²) < 4.78 is 17.0. The molecule has 13 heavy (non-hydrogen) atoms. The summed E-state index contributed by atoms with van der Waals surface area (Å²) in [5, 5.41) is 0.